The second-order valence-electron chi connectivity index (χ2n) is 2.64. The monoisotopic (exact) mass is 173 g/mol. The predicted octanol–water partition coefficient (Wildman–Crippen LogP) is 0.322. The molecule has 4 heteroatoms. The molecule has 0 radical (unpaired) electrons. The molecular formula is C8H15NO3. The summed E-state index contributed by atoms with van der Waals surface area (Å²) in [5.74, 6) is -0.517. The van der Waals surface area contributed by atoms with Crippen LogP contribution >= 0.6 is 0 Å². The van der Waals surface area contributed by atoms with Crippen molar-refractivity contribution in [2.45, 2.75) is 19.8 Å². The van der Waals surface area contributed by atoms with E-state index >= 15 is 0 Å². The zero-order chi connectivity index (χ0) is 9.56. The Morgan fingerprint density at radius 1 is 1.50 bits per heavy atom. The van der Waals surface area contributed by atoms with E-state index in [-0.39, 0.29) is 17.8 Å². The molecule has 0 spiro atoms. The Morgan fingerprint density at radius 3 is 2.50 bits per heavy atom. The third kappa shape index (κ3) is 3.95. The Bertz CT molecular complexity index is 168. The summed E-state index contributed by atoms with van der Waals surface area (Å²) in [6, 6.07) is 0. The molecule has 4 nitrogen and oxygen atoms in total. The van der Waals surface area contributed by atoms with E-state index in [1.54, 1.807) is 14.0 Å². The fourth-order valence-electron chi connectivity index (χ4n) is 0.792. The molecule has 0 aromatic heterocycles. The summed E-state index contributed by atoms with van der Waals surface area (Å²) in [5.41, 5.74) is 0. The van der Waals surface area contributed by atoms with Crippen LogP contribution in [0.25, 0.3) is 0 Å². The number of carbonyl (C=O) groups excluding carboxylic acids is 2. The highest BCUT2D eigenvalue weighted by Crippen LogP contribution is 2.06. The minimum absolute atomic E-state index is 0.0502. The Morgan fingerprint density at radius 2 is 2.08 bits per heavy atom. The van der Waals surface area contributed by atoms with Gasteiger partial charge in [0.05, 0.1) is 13.0 Å². The first-order valence-corrected chi connectivity index (χ1v) is 3.90. The third-order valence-electron chi connectivity index (χ3n) is 1.69. The predicted molar refractivity (Wildman–Crippen MR) is 44.5 cm³/mol. The molecule has 0 rings (SSSR count). The topological polar surface area (TPSA) is 55.4 Å². The summed E-state index contributed by atoms with van der Waals surface area (Å²) in [6.07, 6.45) is 0.902. The van der Waals surface area contributed by atoms with Crippen molar-refractivity contribution in [1.82, 2.24) is 5.32 Å². The highest BCUT2D eigenvalue weighted by atomic mass is 16.5. The van der Waals surface area contributed by atoms with Gasteiger partial charge in [0.1, 0.15) is 0 Å². The SMILES string of the molecule is CNC(=O)CCC(C)C(=O)OC. The Balaban J connectivity index is 3.63. The van der Waals surface area contributed by atoms with Gasteiger partial charge in [-0.1, -0.05) is 6.92 Å². The van der Waals surface area contributed by atoms with Gasteiger partial charge < -0.3 is 10.1 Å². The van der Waals surface area contributed by atoms with Crippen molar-refractivity contribution in [3.05, 3.63) is 0 Å². The first-order chi connectivity index (χ1) is 5.61. The minimum atomic E-state index is -0.265. The second kappa shape index (κ2) is 5.57. The van der Waals surface area contributed by atoms with Crippen molar-refractivity contribution >= 4 is 11.9 Å². The molecule has 0 aliphatic heterocycles. The largest absolute Gasteiger partial charge is 0.469 e. The lowest BCUT2D eigenvalue weighted by molar-refractivity contribution is -0.145. The number of nitrogens with one attached hydrogen (secondary N) is 1. The number of amides is 1. The van der Waals surface area contributed by atoms with Crippen LogP contribution in [0, 0.1) is 5.92 Å². The number of methoxy groups -OCH3 is 1. The molecule has 1 amide bonds. The van der Waals surface area contributed by atoms with Crippen LogP contribution in [0.1, 0.15) is 19.8 Å². The fraction of sp³-hybridized carbons (Fsp3) is 0.750. The van der Waals surface area contributed by atoms with E-state index in [1.165, 1.54) is 7.11 Å². The average Bonchev–Trinajstić information content (AvgIpc) is 2.11. The summed E-state index contributed by atoms with van der Waals surface area (Å²) in [6.45, 7) is 1.74. The Hall–Kier alpha value is -1.06. The fourth-order valence-corrected chi connectivity index (χ4v) is 0.792. The molecule has 1 atom stereocenters. The minimum Gasteiger partial charge on any atom is -0.469 e. The Kier molecular flexibility index (Phi) is 5.08. The lowest BCUT2D eigenvalue weighted by atomic mass is 10.1. The van der Waals surface area contributed by atoms with Crippen LogP contribution in [0.3, 0.4) is 0 Å². The van der Waals surface area contributed by atoms with Gasteiger partial charge in [-0.05, 0) is 6.42 Å². The van der Waals surface area contributed by atoms with Gasteiger partial charge in [0, 0.05) is 13.5 Å². The van der Waals surface area contributed by atoms with Crippen LogP contribution in [0.4, 0.5) is 0 Å². The van der Waals surface area contributed by atoms with Gasteiger partial charge in [-0.15, -0.1) is 0 Å². The molecule has 0 saturated carbocycles. The molecule has 0 aliphatic rings. The lowest BCUT2D eigenvalue weighted by Gasteiger charge is -2.07. The van der Waals surface area contributed by atoms with E-state index in [4.69, 9.17) is 0 Å². The first kappa shape index (κ1) is 10.9. The lowest BCUT2D eigenvalue weighted by Crippen LogP contribution is -2.20. The van der Waals surface area contributed by atoms with Gasteiger partial charge in [0.15, 0.2) is 0 Å². The van der Waals surface area contributed by atoms with E-state index in [0.29, 0.717) is 12.8 Å². The second-order valence-corrected chi connectivity index (χ2v) is 2.64. The van der Waals surface area contributed by atoms with E-state index in [2.05, 4.69) is 10.1 Å². The highest BCUT2D eigenvalue weighted by molar-refractivity contribution is 5.77. The average molecular weight is 173 g/mol. The van der Waals surface area contributed by atoms with Crippen molar-refractivity contribution in [3.63, 3.8) is 0 Å². The van der Waals surface area contributed by atoms with Gasteiger partial charge in [0.2, 0.25) is 5.91 Å². The first-order valence-electron chi connectivity index (χ1n) is 3.90. The van der Waals surface area contributed by atoms with Gasteiger partial charge in [0.25, 0.3) is 0 Å². The smallest absolute Gasteiger partial charge is 0.308 e. The van der Waals surface area contributed by atoms with Crippen molar-refractivity contribution < 1.29 is 14.3 Å². The van der Waals surface area contributed by atoms with Gasteiger partial charge in [-0.2, -0.15) is 0 Å². The third-order valence-corrected chi connectivity index (χ3v) is 1.69. The van der Waals surface area contributed by atoms with Gasteiger partial charge in [-0.25, -0.2) is 0 Å². The van der Waals surface area contributed by atoms with Crippen LogP contribution in [-0.4, -0.2) is 26.0 Å². The van der Waals surface area contributed by atoms with Crippen LogP contribution in [0.15, 0.2) is 0 Å². The maximum atomic E-state index is 10.9. The van der Waals surface area contributed by atoms with Crippen LogP contribution in [0.2, 0.25) is 0 Å². The van der Waals surface area contributed by atoms with Crippen LogP contribution in [0.5, 0.6) is 0 Å². The molecule has 0 aliphatic carbocycles. The van der Waals surface area contributed by atoms with E-state index in [0.717, 1.165) is 0 Å². The molecule has 0 aromatic rings. The summed E-state index contributed by atoms with van der Waals surface area (Å²) in [7, 11) is 2.92. The molecule has 0 bridgehead atoms. The molecule has 0 fully saturated rings. The number of rotatable bonds is 4. The molecular weight excluding hydrogens is 158 g/mol. The molecule has 0 heterocycles. The highest BCUT2D eigenvalue weighted by Gasteiger charge is 2.13. The number of ether oxygens (including phenoxy) is 1. The summed E-state index contributed by atoms with van der Waals surface area (Å²) in [4.78, 5) is 21.6. The number of hydrogen-bond donors (Lipinski definition) is 1. The molecule has 12 heavy (non-hydrogen) atoms. The summed E-state index contributed by atoms with van der Waals surface area (Å²) < 4.78 is 4.51. The molecule has 0 aromatic carbocycles. The van der Waals surface area contributed by atoms with E-state index < -0.39 is 0 Å². The standard InChI is InChI=1S/C8H15NO3/c1-6(8(11)12-3)4-5-7(10)9-2/h6H,4-5H2,1-3H3,(H,9,10). The Labute approximate surface area is 72.3 Å². The normalized spacial score (nSPS) is 11.9. The molecule has 1 unspecified atom stereocenters. The van der Waals surface area contributed by atoms with E-state index in [1.807, 2.05) is 0 Å². The van der Waals surface area contributed by atoms with E-state index in [9.17, 15) is 9.59 Å². The summed E-state index contributed by atoms with van der Waals surface area (Å²) >= 11 is 0. The number of esters is 1. The van der Waals surface area contributed by atoms with Crippen molar-refractivity contribution in [2.75, 3.05) is 14.2 Å². The quantitative estimate of drug-likeness (QED) is 0.623. The van der Waals surface area contributed by atoms with Gasteiger partial charge >= 0.3 is 5.97 Å². The number of carbonyl (C=O) groups is 2. The maximum Gasteiger partial charge on any atom is 0.308 e. The van der Waals surface area contributed by atoms with Crippen molar-refractivity contribution in [3.8, 4) is 0 Å². The van der Waals surface area contributed by atoms with Gasteiger partial charge in [-0.3, -0.25) is 9.59 Å². The van der Waals surface area contributed by atoms with Crippen LogP contribution < -0.4 is 5.32 Å². The summed E-state index contributed by atoms with van der Waals surface area (Å²) in [5, 5.41) is 2.49. The number of hydrogen-bond acceptors (Lipinski definition) is 3. The molecule has 70 valence electrons. The zero-order valence-corrected chi connectivity index (χ0v) is 7.72. The van der Waals surface area contributed by atoms with Crippen LogP contribution in [-0.2, 0) is 14.3 Å². The maximum absolute atomic E-state index is 10.9. The molecule has 1 N–H and O–H groups in total. The van der Waals surface area contributed by atoms with Crippen molar-refractivity contribution in [1.29, 1.82) is 0 Å². The molecule has 0 saturated heterocycles. The zero-order valence-electron chi connectivity index (χ0n) is 7.72. The van der Waals surface area contributed by atoms with Crippen molar-refractivity contribution in [2.24, 2.45) is 5.92 Å².